The summed E-state index contributed by atoms with van der Waals surface area (Å²) in [4.78, 5) is 4.27. The highest BCUT2D eigenvalue weighted by molar-refractivity contribution is 5.49. The Morgan fingerprint density at radius 1 is 1.04 bits per heavy atom. The normalized spacial score (nSPS) is 21.7. The van der Waals surface area contributed by atoms with Gasteiger partial charge in [0, 0.05) is 0 Å². The van der Waals surface area contributed by atoms with Crippen LogP contribution in [0.2, 0.25) is 0 Å². The van der Waals surface area contributed by atoms with Crippen molar-refractivity contribution in [3.05, 3.63) is 71.6 Å². The Balaban J connectivity index is 1.55. The van der Waals surface area contributed by atoms with Crippen LogP contribution in [0, 0.1) is 11.7 Å². The van der Waals surface area contributed by atoms with Gasteiger partial charge in [0.2, 0.25) is 0 Å². The Bertz CT molecular complexity index is 908. The van der Waals surface area contributed by atoms with E-state index in [9.17, 15) is 9.50 Å². The minimum atomic E-state index is -0.491. The van der Waals surface area contributed by atoms with E-state index >= 15 is 0 Å². The van der Waals surface area contributed by atoms with Crippen molar-refractivity contribution in [3.8, 4) is 0 Å². The molecule has 3 aromatic rings. The van der Waals surface area contributed by atoms with Crippen molar-refractivity contribution >= 4 is 5.52 Å². The summed E-state index contributed by atoms with van der Waals surface area (Å²) >= 11 is 0. The second kappa shape index (κ2) is 7.43. The van der Waals surface area contributed by atoms with Crippen LogP contribution < -0.4 is 0 Å². The van der Waals surface area contributed by atoms with Gasteiger partial charge < -0.3 is 9.51 Å². The number of nitrogens with zero attached hydrogens (tertiary/aromatic N) is 2. The molecular weight excluding hydrogens is 339 g/mol. The molecule has 1 aliphatic rings. The number of rotatable bonds is 4. The molecule has 1 saturated carbocycles. The standard InChI is InChI=1S/C23H27FN2O/c1-15(2)21-12-11-20-13-25-14-26(20)22(21)23(27)18-5-3-16(4-6-18)17-7-9-19(24)10-8-17/h7-16,18,23,27H,3-6H2,1-2H3/t16?,18?,23-/m0/s1. The SMILES string of the molecule is CC(C)c1ccc2cncn2c1[C@@H](O)C1CCC(c2ccc(F)cc2)CC1. The maximum atomic E-state index is 13.2. The lowest BCUT2D eigenvalue weighted by Crippen LogP contribution is -2.22. The molecule has 1 atom stereocenters. The Morgan fingerprint density at radius 2 is 1.74 bits per heavy atom. The van der Waals surface area contributed by atoms with Crippen molar-refractivity contribution < 1.29 is 9.50 Å². The maximum absolute atomic E-state index is 13.2. The van der Waals surface area contributed by atoms with Gasteiger partial charge >= 0.3 is 0 Å². The number of hydrogen-bond donors (Lipinski definition) is 1. The molecule has 1 fully saturated rings. The zero-order valence-corrected chi connectivity index (χ0v) is 16.0. The highest BCUT2D eigenvalue weighted by Gasteiger charge is 2.31. The Hall–Kier alpha value is -2.20. The molecule has 0 unspecified atom stereocenters. The van der Waals surface area contributed by atoms with E-state index in [2.05, 4.69) is 31.0 Å². The minimum absolute atomic E-state index is 0.183. The number of fused-ring (bicyclic) bond motifs is 1. The first kappa shape index (κ1) is 18.2. The molecule has 4 heteroatoms. The molecule has 2 aromatic heterocycles. The van der Waals surface area contributed by atoms with Crippen molar-refractivity contribution in [2.45, 2.75) is 57.5 Å². The van der Waals surface area contributed by atoms with Crippen LogP contribution in [0.3, 0.4) is 0 Å². The molecule has 1 aliphatic carbocycles. The minimum Gasteiger partial charge on any atom is -0.387 e. The average Bonchev–Trinajstić information content (AvgIpc) is 3.16. The van der Waals surface area contributed by atoms with Crippen LogP contribution in [-0.2, 0) is 0 Å². The predicted molar refractivity (Wildman–Crippen MR) is 105 cm³/mol. The van der Waals surface area contributed by atoms with Gasteiger partial charge in [-0.05, 0) is 72.8 Å². The van der Waals surface area contributed by atoms with Gasteiger partial charge in [-0.25, -0.2) is 9.37 Å². The van der Waals surface area contributed by atoms with E-state index < -0.39 is 6.10 Å². The number of aromatic nitrogens is 2. The number of aliphatic hydroxyl groups is 1. The molecule has 0 aliphatic heterocycles. The summed E-state index contributed by atoms with van der Waals surface area (Å²) in [6.45, 7) is 4.33. The molecule has 142 valence electrons. The number of imidazole rings is 1. The van der Waals surface area contributed by atoms with E-state index in [1.165, 1.54) is 11.1 Å². The first-order valence-electron chi connectivity index (χ1n) is 9.93. The summed E-state index contributed by atoms with van der Waals surface area (Å²) < 4.78 is 15.2. The lowest BCUT2D eigenvalue weighted by atomic mass is 9.75. The zero-order valence-electron chi connectivity index (χ0n) is 16.0. The van der Waals surface area contributed by atoms with Crippen LogP contribution in [0.1, 0.15) is 74.3 Å². The summed E-state index contributed by atoms with van der Waals surface area (Å²) in [6, 6.07) is 11.1. The molecular formula is C23H27FN2O. The lowest BCUT2D eigenvalue weighted by molar-refractivity contribution is 0.0752. The van der Waals surface area contributed by atoms with E-state index in [0.29, 0.717) is 11.8 Å². The summed E-state index contributed by atoms with van der Waals surface area (Å²) in [7, 11) is 0. The fourth-order valence-corrected chi connectivity index (χ4v) is 4.56. The molecule has 1 aromatic carbocycles. The third-order valence-electron chi connectivity index (χ3n) is 6.12. The highest BCUT2D eigenvalue weighted by Crippen LogP contribution is 2.42. The first-order valence-corrected chi connectivity index (χ1v) is 9.93. The Morgan fingerprint density at radius 3 is 2.41 bits per heavy atom. The van der Waals surface area contributed by atoms with Crippen molar-refractivity contribution in [1.29, 1.82) is 0 Å². The average molecular weight is 366 g/mol. The number of halogens is 1. The first-order chi connectivity index (χ1) is 13.0. The van der Waals surface area contributed by atoms with E-state index in [-0.39, 0.29) is 11.7 Å². The number of benzene rings is 1. The van der Waals surface area contributed by atoms with Crippen LogP contribution in [-0.4, -0.2) is 14.5 Å². The zero-order chi connectivity index (χ0) is 19.0. The molecule has 0 bridgehead atoms. The summed E-state index contributed by atoms with van der Waals surface area (Å²) in [5.74, 6) is 0.865. The van der Waals surface area contributed by atoms with Gasteiger partial charge in [-0.2, -0.15) is 0 Å². The van der Waals surface area contributed by atoms with Gasteiger partial charge in [0.25, 0.3) is 0 Å². The van der Waals surface area contributed by atoms with Crippen LogP contribution in [0.5, 0.6) is 0 Å². The van der Waals surface area contributed by atoms with Crippen molar-refractivity contribution in [2.75, 3.05) is 0 Å². The van der Waals surface area contributed by atoms with Crippen LogP contribution in [0.25, 0.3) is 5.52 Å². The second-order valence-electron chi connectivity index (χ2n) is 8.13. The molecule has 27 heavy (non-hydrogen) atoms. The van der Waals surface area contributed by atoms with Crippen molar-refractivity contribution in [1.82, 2.24) is 9.38 Å². The number of pyridine rings is 1. The third kappa shape index (κ3) is 3.51. The van der Waals surface area contributed by atoms with E-state index in [0.717, 1.165) is 36.9 Å². The summed E-state index contributed by atoms with van der Waals surface area (Å²) in [6.07, 6.45) is 7.18. The van der Waals surface area contributed by atoms with Crippen LogP contribution in [0.4, 0.5) is 4.39 Å². The predicted octanol–water partition coefficient (Wildman–Crippen LogP) is 5.60. The molecule has 4 rings (SSSR count). The summed E-state index contributed by atoms with van der Waals surface area (Å²) in [5, 5.41) is 11.3. The quantitative estimate of drug-likeness (QED) is 0.652. The molecule has 0 amide bonds. The topological polar surface area (TPSA) is 37.5 Å². The Labute approximate surface area is 159 Å². The largest absolute Gasteiger partial charge is 0.387 e. The third-order valence-corrected chi connectivity index (χ3v) is 6.12. The molecule has 1 N–H and O–H groups in total. The van der Waals surface area contributed by atoms with Crippen LogP contribution >= 0.6 is 0 Å². The Kier molecular flexibility index (Phi) is 5.00. The van der Waals surface area contributed by atoms with Crippen LogP contribution in [0.15, 0.2) is 48.9 Å². The second-order valence-corrected chi connectivity index (χ2v) is 8.13. The summed E-state index contributed by atoms with van der Waals surface area (Å²) in [5.41, 5.74) is 4.41. The van der Waals surface area contributed by atoms with Crippen molar-refractivity contribution in [2.24, 2.45) is 5.92 Å². The molecule has 0 radical (unpaired) electrons. The monoisotopic (exact) mass is 366 g/mol. The van der Waals surface area contributed by atoms with Gasteiger partial charge in [-0.15, -0.1) is 0 Å². The van der Waals surface area contributed by atoms with E-state index in [4.69, 9.17) is 0 Å². The van der Waals surface area contributed by atoms with Gasteiger partial charge in [0.15, 0.2) is 0 Å². The van der Waals surface area contributed by atoms with Gasteiger partial charge in [-0.1, -0.05) is 32.0 Å². The van der Waals surface area contributed by atoms with E-state index in [1.807, 2.05) is 29.1 Å². The van der Waals surface area contributed by atoms with Crippen molar-refractivity contribution in [3.63, 3.8) is 0 Å². The molecule has 3 nitrogen and oxygen atoms in total. The maximum Gasteiger partial charge on any atom is 0.123 e. The van der Waals surface area contributed by atoms with Gasteiger partial charge in [0.05, 0.1) is 29.8 Å². The molecule has 2 heterocycles. The van der Waals surface area contributed by atoms with E-state index in [1.54, 1.807) is 12.1 Å². The molecule has 0 spiro atoms. The number of hydrogen-bond acceptors (Lipinski definition) is 2. The lowest BCUT2D eigenvalue weighted by Gasteiger charge is -2.33. The fourth-order valence-electron chi connectivity index (χ4n) is 4.56. The highest BCUT2D eigenvalue weighted by atomic mass is 19.1. The van der Waals surface area contributed by atoms with Gasteiger partial charge in [0.1, 0.15) is 5.82 Å². The van der Waals surface area contributed by atoms with Gasteiger partial charge in [-0.3, -0.25) is 0 Å². The smallest absolute Gasteiger partial charge is 0.123 e. The number of aliphatic hydroxyl groups excluding tert-OH is 1. The molecule has 0 saturated heterocycles. The fraction of sp³-hybridized carbons (Fsp3) is 0.435.